The van der Waals surface area contributed by atoms with Gasteiger partial charge in [0.05, 0.1) is 0 Å². The highest BCUT2D eigenvalue weighted by atomic mass is 35.5. The number of carbonyl (C=O) groups is 2. The quantitative estimate of drug-likeness (QED) is 0.656. The molecule has 0 aromatic carbocycles. The average molecular weight is 371 g/mol. The van der Waals surface area contributed by atoms with Crippen LogP contribution in [0.5, 0.6) is 0 Å². The molecule has 0 amide bonds. The van der Waals surface area contributed by atoms with E-state index in [-0.39, 0.29) is 22.2 Å². The molecule has 0 bridgehead atoms. The van der Waals surface area contributed by atoms with Crippen LogP contribution < -0.4 is 0 Å². The number of fused-ring (bicyclic) bond motifs is 9. The van der Waals surface area contributed by atoms with Crippen molar-refractivity contribution < 1.29 is 9.59 Å². The van der Waals surface area contributed by atoms with E-state index in [0.29, 0.717) is 41.2 Å². The van der Waals surface area contributed by atoms with Gasteiger partial charge in [-0.05, 0) is 85.7 Å². The van der Waals surface area contributed by atoms with Crippen molar-refractivity contribution in [2.24, 2.45) is 51.8 Å². The molecule has 0 radical (unpaired) electrons. The zero-order chi connectivity index (χ0) is 18.2. The summed E-state index contributed by atoms with van der Waals surface area (Å²) in [6, 6.07) is 0. The summed E-state index contributed by atoms with van der Waals surface area (Å²) >= 11 is 6.80. The van der Waals surface area contributed by atoms with Crippen LogP contribution in [0.3, 0.4) is 0 Å². The Balaban J connectivity index is 1.47. The van der Waals surface area contributed by atoms with Gasteiger partial charge in [-0.25, -0.2) is 0 Å². The maximum absolute atomic E-state index is 12.6. The van der Waals surface area contributed by atoms with Crippen LogP contribution in [0, 0.1) is 51.8 Å². The van der Waals surface area contributed by atoms with E-state index in [1.807, 2.05) is 13.0 Å². The van der Waals surface area contributed by atoms with E-state index < -0.39 is 0 Å². The molecule has 0 aliphatic heterocycles. The first kappa shape index (κ1) is 16.1. The molecule has 0 aromatic rings. The second-order valence-corrected chi connectivity index (χ2v) is 11.0. The molecule has 9 atom stereocenters. The number of Topliss-reactive ketones (excluding diaryl/α,β-unsaturated/α-hetero) is 1. The Labute approximate surface area is 160 Å². The Morgan fingerprint density at radius 1 is 1.19 bits per heavy atom. The second-order valence-electron chi connectivity index (χ2n) is 10.6. The van der Waals surface area contributed by atoms with Crippen molar-refractivity contribution >= 4 is 23.2 Å². The molecule has 3 heteroatoms. The van der Waals surface area contributed by atoms with E-state index >= 15 is 0 Å². The fourth-order valence-corrected chi connectivity index (χ4v) is 9.14. The summed E-state index contributed by atoms with van der Waals surface area (Å²) in [5.41, 5.74) is 1.29. The van der Waals surface area contributed by atoms with E-state index in [1.54, 1.807) is 0 Å². The molecule has 0 unspecified atom stereocenters. The van der Waals surface area contributed by atoms with E-state index in [4.69, 9.17) is 11.6 Å². The third-order valence-corrected chi connectivity index (χ3v) is 10.5. The minimum atomic E-state index is -0.0371. The normalized spacial score (nSPS) is 58.4. The van der Waals surface area contributed by atoms with Gasteiger partial charge in [0.1, 0.15) is 5.78 Å². The summed E-state index contributed by atoms with van der Waals surface area (Å²) in [6.45, 7) is 6.62. The fraction of sp³-hybridized carbons (Fsp3) is 0.739. The van der Waals surface area contributed by atoms with Gasteiger partial charge in [0.15, 0.2) is 5.78 Å². The highest BCUT2D eigenvalue weighted by molar-refractivity contribution is 6.32. The summed E-state index contributed by atoms with van der Waals surface area (Å²) in [7, 11) is 0. The largest absolute Gasteiger partial charge is 0.299 e. The highest BCUT2D eigenvalue weighted by Crippen LogP contribution is 2.81. The molecule has 0 N–H and O–H groups in total. The summed E-state index contributed by atoms with van der Waals surface area (Å²) < 4.78 is 0. The van der Waals surface area contributed by atoms with E-state index in [2.05, 4.69) is 19.9 Å². The van der Waals surface area contributed by atoms with Crippen LogP contribution in [0.4, 0.5) is 0 Å². The van der Waals surface area contributed by atoms with Crippen molar-refractivity contribution in [2.75, 3.05) is 0 Å². The molecule has 6 rings (SSSR count). The van der Waals surface area contributed by atoms with Crippen LogP contribution in [-0.2, 0) is 9.59 Å². The van der Waals surface area contributed by atoms with Gasteiger partial charge in [-0.3, -0.25) is 9.59 Å². The van der Waals surface area contributed by atoms with Crippen LogP contribution in [0.25, 0.3) is 0 Å². The number of halogens is 1. The zero-order valence-electron chi connectivity index (χ0n) is 15.8. The van der Waals surface area contributed by atoms with Gasteiger partial charge in [-0.2, -0.15) is 0 Å². The summed E-state index contributed by atoms with van der Waals surface area (Å²) in [6.07, 6.45) is 9.85. The molecule has 4 fully saturated rings. The van der Waals surface area contributed by atoms with Crippen molar-refractivity contribution in [3.8, 4) is 0 Å². The molecule has 0 spiro atoms. The predicted molar refractivity (Wildman–Crippen MR) is 100 cm³/mol. The van der Waals surface area contributed by atoms with E-state index in [0.717, 1.165) is 29.9 Å². The molecule has 138 valence electrons. The molecule has 6 aliphatic carbocycles. The van der Waals surface area contributed by atoms with Gasteiger partial charge in [0.25, 0.3) is 0 Å². The molecule has 0 saturated heterocycles. The van der Waals surface area contributed by atoms with Crippen LogP contribution in [0.2, 0.25) is 0 Å². The summed E-state index contributed by atoms with van der Waals surface area (Å²) in [5.74, 6) is 3.70. The van der Waals surface area contributed by atoms with Crippen molar-refractivity contribution in [3.63, 3.8) is 0 Å². The standard InChI is InChI=1S/C23H27ClO2/c1-11(25)23-10-12(23)6-16-13-8-19(24)18-9-20(26)14-7-17(14)22(18,3)15(13)4-5-21(16,23)2/h8-9,12-17H,4-7,10H2,1-3H3/t12-,13+,14-,15-,16-,17+,21-,22-,23-/m0/s1. The van der Waals surface area contributed by atoms with Crippen molar-refractivity contribution in [1.29, 1.82) is 0 Å². The SMILES string of the molecule is CC(=O)[C@@]12C[C@@H]1C[C@H]1[C@@H]3C=C(Cl)C4=CC(=O)[C@H]5C[C@H]5[C@]4(C)[C@H]3CC[C@@]12C. The molecule has 2 nitrogen and oxygen atoms in total. The summed E-state index contributed by atoms with van der Waals surface area (Å²) in [5, 5.41) is 0.828. The van der Waals surface area contributed by atoms with Gasteiger partial charge >= 0.3 is 0 Å². The first-order chi connectivity index (χ1) is 12.2. The average Bonchev–Trinajstić information content (AvgIpc) is 3.46. The molecular formula is C23H27ClO2. The number of rotatable bonds is 1. The first-order valence-corrected chi connectivity index (χ1v) is 10.8. The second kappa shape index (κ2) is 4.40. The van der Waals surface area contributed by atoms with Crippen molar-refractivity contribution in [2.45, 2.75) is 52.9 Å². The molecule has 4 saturated carbocycles. The predicted octanol–water partition coefficient (Wildman–Crippen LogP) is 4.92. The maximum Gasteiger partial charge on any atom is 0.159 e. The lowest BCUT2D eigenvalue weighted by Gasteiger charge is -2.57. The molecular weight excluding hydrogens is 344 g/mol. The van der Waals surface area contributed by atoms with Crippen molar-refractivity contribution in [1.82, 2.24) is 0 Å². The Hall–Kier alpha value is -0.890. The van der Waals surface area contributed by atoms with Gasteiger partial charge in [-0.1, -0.05) is 31.5 Å². The molecule has 6 aliphatic rings. The molecule has 26 heavy (non-hydrogen) atoms. The third-order valence-electron chi connectivity index (χ3n) is 10.2. The minimum Gasteiger partial charge on any atom is -0.299 e. The smallest absolute Gasteiger partial charge is 0.159 e. The van der Waals surface area contributed by atoms with Gasteiger partial charge in [-0.15, -0.1) is 0 Å². The Kier molecular flexibility index (Phi) is 2.72. The van der Waals surface area contributed by atoms with E-state index in [1.165, 1.54) is 12.8 Å². The van der Waals surface area contributed by atoms with Gasteiger partial charge in [0.2, 0.25) is 0 Å². The zero-order valence-corrected chi connectivity index (χ0v) is 16.6. The monoisotopic (exact) mass is 370 g/mol. The number of hydrogen-bond donors (Lipinski definition) is 0. The summed E-state index contributed by atoms with van der Waals surface area (Å²) in [4.78, 5) is 24.9. The lowest BCUT2D eigenvalue weighted by atomic mass is 9.47. The fourth-order valence-electron chi connectivity index (χ4n) is 8.73. The highest BCUT2D eigenvalue weighted by Gasteiger charge is 2.77. The lowest BCUT2D eigenvalue weighted by Crippen LogP contribution is -2.52. The van der Waals surface area contributed by atoms with Gasteiger partial charge in [0, 0.05) is 21.8 Å². The Morgan fingerprint density at radius 2 is 1.96 bits per heavy atom. The lowest BCUT2D eigenvalue weighted by molar-refractivity contribution is -0.131. The molecule has 0 heterocycles. The van der Waals surface area contributed by atoms with Gasteiger partial charge < -0.3 is 0 Å². The number of carbonyl (C=O) groups excluding carboxylic acids is 2. The third kappa shape index (κ3) is 1.49. The van der Waals surface area contributed by atoms with Crippen LogP contribution in [0.15, 0.2) is 22.8 Å². The van der Waals surface area contributed by atoms with E-state index in [9.17, 15) is 9.59 Å². The van der Waals surface area contributed by atoms with Crippen LogP contribution in [-0.4, -0.2) is 11.6 Å². The Morgan fingerprint density at radius 3 is 2.69 bits per heavy atom. The minimum absolute atomic E-state index is 0.0371. The number of ketones is 2. The van der Waals surface area contributed by atoms with Crippen LogP contribution >= 0.6 is 11.6 Å². The number of allylic oxidation sites excluding steroid dienone is 4. The topological polar surface area (TPSA) is 34.1 Å². The Bertz CT molecular complexity index is 839. The maximum atomic E-state index is 12.6. The first-order valence-electron chi connectivity index (χ1n) is 10.4. The van der Waals surface area contributed by atoms with Crippen LogP contribution in [0.1, 0.15) is 52.9 Å². The van der Waals surface area contributed by atoms with Crippen molar-refractivity contribution in [3.05, 3.63) is 22.8 Å². The number of hydrogen-bond acceptors (Lipinski definition) is 2. The molecule has 0 aromatic heterocycles.